The maximum atomic E-state index is 2.32. The zero-order chi connectivity index (χ0) is 19.1. The molecule has 0 nitrogen and oxygen atoms in total. The van der Waals surface area contributed by atoms with Gasteiger partial charge < -0.3 is 0 Å². The highest BCUT2D eigenvalue weighted by Gasteiger charge is 2.33. The van der Waals surface area contributed by atoms with E-state index in [1.165, 1.54) is 44.5 Å². The lowest BCUT2D eigenvalue weighted by atomic mass is 9.68. The first-order valence-corrected chi connectivity index (χ1v) is 10.0. The third-order valence-electron chi connectivity index (χ3n) is 6.06. The lowest BCUT2D eigenvalue weighted by Crippen LogP contribution is -2.20. The predicted molar refractivity (Wildman–Crippen MR) is 117 cm³/mol. The molecule has 0 heterocycles. The van der Waals surface area contributed by atoms with Crippen LogP contribution in [0, 0.1) is 13.8 Å². The van der Waals surface area contributed by atoms with E-state index in [-0.39, 0.29) is 11.8 Å². The van der Waals surface area contributed by atoms with Gasteiger partial charge in [-0.25, -0.2) is 0 Å². The molecule has 0 amide bonds. The Hall–Kier alpha value is -3.12. The molecule has 4 aromatic rings. The smallest absolute Gasteiger partial charge is 0.0346 e. The van der Waals surface area contributed by atoms with Crippen LogP contribution in [0.25, 0.3) is 0 Å². The molecule has 0 spiro atoms. The summed E-state index contributed by atoms with van der Waals surface area (Å²) in [5.41, 5.74) is 11.1. The van der Waals surface area contributed by atoms with Crippen LogP contribution in [-0.2, 0) is 0 Å². The summed E-state index contributed by atoms with van der Waals surface area (Å²) in [6.45, 7) is 4.31. The molecular formula is C28H24. The van der Waals surface area contributed by atoms with Gasteiger partial charge in [0.05, 0.1) is 0 Å². The molecule has 1 aliphatic carbocycles. The van der Waals surface area contributed by atoms with Crippen LogP contribution in [0.5, 0.6) is 0 Å². The molecule has 4 aromatic carbocycles. The van der Waals surface area contributed by atoms with Crippen molar-refractivity contribution in [3.63, 3.8) is 0 Å². The van der Waals surface area contributed by atoms with Crippen molar-refractivity contribution in [2.45, 2.75) is 25.7 Å². The van der Waals surface area contributed by atoms with Crippen molar-refractivity contribution < 1.29 is 0 Å². The lowest BCUT2D eigenvalue weighted by molar-refractivity contribution is 0.821. The standard InChI is InChI=1S/C28H24/c1-19-11-15-21(16-12-19)27-23-7-3-5-9-25(23)28(22-17-13-20(2)14-18-22)26-10-6-4-8-24(26)27/h3-18,27-28H,1-2H3. The van der Waals surface area contributed by atoms with Gasteiger partial charge in [-0.15, -0.1) is 0 Å². The van der Waals surface area contributed by atoms with E-state index >= 15 is 0 Å². The third kappa shape index (κ3) is 2.77. The predicted octanol–water partition coefficient (Wildman–Crippen LogP) is 6.98. The normalized spacial score (nSPS) is 17.6. The fraction of sp³-hybridized carbons (Fsp3) is 0.143. The SMILES string of the molecule is Cc1ccc(C2c3ccccc3C(c3ccc(C)cc3)c3ccccc32)cc1. The first-order valence-electron chi connectivity index (χ1n) is 10.0. The van der Waals surface area contributed by atoms with Crippen LogP contribution in [0.15, 0.2) is 97.1 Å². The second-order valence-corrected chi connectivity index (χ2v) is 7.95. The van der Waals surface area contributed by atoms with Crippen LogP contribution in [0.4, 0.5) is 0 Å². The van der Waals surface area contributed by atoms with Crippen LogP contribution in [0.2, 0.25) is 0 Å². The number of rotatable bonds is 2. The minimum absolute atomic E-state index is 0.287. The van der Waals surface area contributed by atoms with Crippen molar-refractivity contribution in [2.24, 2.45) is 0 Å². The lowest BCUT2D eigenvalue weighted by Gasteiger charge is -2.35. The average Bonchev–Trinajstić information content (AvgIpc) is 2.74. The highest BCUT2D eigenvalue weighted by molar-refractivity contribution is 5.60. The molecule has 5 rings (SSSR count). The molecule has 136 valence electrons. The molecule has 1 aliphatic rings. The van der Waals surface area contributed by atoms with E-state index in [0.717, 1.165) is 0 Å². The van der Waals surface area contributed by atoms with Gasteiger partial charge in [-0.05, 0) is 47.2 Å². The molecule has 0 unspecified atom stereocenters. The number of fused-ring (bicyclic) bond motifs is 2. The average molecular weight is 361 g/mol. The van der Waals surface area contributed by atoms with E-state index in [9.17, 15) is 0 Å². The maximum Gasteiger partial charge on any atom is 0.0346 e. The summed E-state index contributed by atoms with van der Waals surface area (Å²) in [4.78, 5) is 0. The van der Waals surface area contributed by atoms with Gasteiger partial charge in [-0.3, -0.25) is 0 Å². The Bertz CT molecular complexity index is 978. The molecule has 0 N–H and O–H groups in total. The minimum atomic E-state index is 0.287. The Balaban J connectivity index is 1.76. The second kappa shape index (κ2) is 6.80. The van der Waals surface area contributed by atoms with E-state index in [2.05, 4.69) is 111 Å². The zero-order valence-corrected chi connectivity index (χ0v) is 16.4. The summed E-state index contributed by atoms with van der Waals surface area (Å²) >= 11 is 0. The van der Waals surface area contributed by atoms with Crippen LogP contribution in [0.1, 0.15) is 56.3 Å². The van der Waals surface area contributed by atoms with E-state index in [1.807, 2.05) is 0 Å². The molecule has 0 fully saturated rings. The summed E-state index contributed by atoms with van der Waals surface area (Å²) in [7, 11) is 0. The van der Waals surface area contributed by atoms with Gasteiger partial charge in [0, 0.05) is 11.8 Å². The van der Waals surface area contributed by atoms with Crippen LogP contribution >= 0.6 is 0 Å². The summed E-state index contributed by atoms with van der Waals surface area (Å²) < 4.78 is 0. The van der Waals surface area contributed by atoms with E-state index < -0.39 is 0 Å². The number of benzene rings is 4. The Morgan fingerprint density at radius 1 is 0.393 bits per heavy atom. The first kappa shape index (κ1) is 17.0. The largest absolute Gasteiger partial charge is 0.0619 e. The van der Waals surface area contributed by atoms with Gasteiger partial charge in [-0.2, -0.15) is 0 Å². The van der Waals surface area contributed by atoms with Crippen molar-refractivity contribution in [3.05, 3.63) is 142 Å². The Morgan fingerprint density at radius 3 is 0.964 bits per heavy atom. The van der Waals surface area contributed by atoms with Gasteiger partial charge in [-0.1, -0.05) is 108 Å². The van der Waals surface area contributed by atoms with E-state index in [4.69, 9.17) is 0 Å². The van der Waals surface area contributed by atoms with Crippen molar-refractivity contribution >= 4 is 0 Å². The summed E-state index contributed by atoms with van der Waals surface area (Å²) in [6, 6.07) is 36.1. The van der Waals surface area contributed by atoms with E-state index in [0.29, 0.717) is 0 Å². The summed E-state index contributed by atoms with van der Waals surface area (Å²) in [5.74, 6) is 0.574. The van der Waals surface area contributed by atoms with Crippen LogP contribution < -0.4 is 0 Å². The van der Waals surface area contributed by atoms with Crippen LogP contribution in [-0.4, -0.2) is 0 Å². The summed E-state index contributed by atoms with van der Waals surface area (Å²) in [5, 5.41) is 0. The van der Waals surface area contributed by atoms with Gasteiger partial charge in [0.25, 0.3) is 0 Å². The molecule has 0 saturated heterocycles. The monoisotopic (exact) mass is 360 g/mol. The highest BCUT2D eigenvalue weighted by Crippen LogP contribution is 2.48. The van der Waals surface area contributed by atoms with Crippen molar-refractivity contribution in [1.29, 1.82) is 0 Å². The number of aryl methyl sites for hydroxylation is 2. The fourth-order valence-electron chi connectivity index (χ4n) is 4.64. The molecule has 28 heavy (non-hydrogen) atoms. The van der Waals surface area contributed by atoms with Gasteiger partial charge in [0.2, 0.25) is 0 Å². The molecule has 0 radical (unpaired) electrons. The van der Waals surface area contributed by atoms with E-state index in [1.54, 1.807) is 0 Å². The molecular weight excluding hydrogens is 336 g/mol. The summed E-state index contributed by atoms with van der Waals surface area (Å²) in [6.07, 6.45) is 0. The van der Waals surface area contributed by atoms with Gasteiger partial charge >= 0.3 is 0 Å². The fourth-order valence-corrected chi connectivity index (χ4v) is 4.64. The molecule has 0 aromatic heterocycles. The molecule has 0 atom stereocenters. The van der Waals surface area contributed by atoms with Crippen molar-refractivity contribution in [1.82, 2.24) is 0 Å². The zero-order valence-electron chi connectivity index (χ0n) is 16.4. The molecule has 0 heteroatoms. The molecule has 0 bridgehead atoms. The second-order valence-electron chi connectivity index (χ2n) is 7.95. The Labute approximate surface area is 167 Å². The van der Waals surface area contributed by atoms with Crippen molar-refractivity contribution in [3.8, 4) is 0 Å². The van der Waals surface area contributed by atoms with Crippen molar-refractivity contribution in [2.75, 3.05) is 0 Å². The maximum absolute atomic E-state index is 2.32. The third-order valence-corrected chi connectivity index (χ3v) is 6.06. The van der Waals surface area contributed by atoms with Crippen LogP contribution in [0.3, 0.4) is 0 Å². The van der Waals surface area contributed by atoms with Gasteiger partial charge in [0.15, 0.2) is 0 Å². The molecule has 0 saturated carbocycles. The number of hydrogen-bond acceptors (Lipinski definition) is 0. The Morgan fingerprint density at radius 2 is 0.679 bits per heavy atom. The minimum Gasteiger partial charge on any atom is -0.0619 e. The quantitative estimate of drug-likeness (QED) is 0.319. The highest BCUT2D eigenvalue weighted by atomic mass is 14.4. The molecule has 0 aliphatic heterocycles. The topological polar surface area (TPSA) is 0 Å². The van der Waals surface area contributed by atoms with Gasteiger partial charge in [0.1, 0.15) is 0 Å². The first-order chi connectivity index (χ1) is 13.7. The number of hydrogen-bond donors (Lipinski definition) is 0. The Kier molecular flexibility index (Phi) is 4.13.